The normalized spacial score (nSPS) is 21.7. The third-order valence-electron chi connectivity index (χ3n) is 6.49. The molecule has 5 N–H and O–H groups in total. The summed E-state index contributed by atoms with van der Waals surface area (Å²) in [4.78, 5) is 36.6. The molecule has 4 rings (SSSR count). The molecular weight excluding hydrogens is 576 g/mol. The summed E-state index contributed by atoms with van der Waals surface area (Å²) in [6.45, 7) is 0.527. The van der Waals surface area contributed by atoms with Crippen LogP contribution in [0.4, 0.5) is 0 Å². The number of esters is 2. The molecule has 12 nitrogen and oxygen atoms in total. The Morgan fingerprint density at radius 2 is 1.48 bits per heavy atom. The Morgan fingerprint density at radius 1 is 0.818 bits per heavy atom. The number of aromatic hydroxyl groups is 3. The predicted octanol–water partition coefficient (Wildman–Crippen LogP) is 2.71. The lowest BCUT2D eigenvalue weighted by Crippen LogP contribution is -2.61. The van der Waals surface area contributed by atoms with Crippen molar-refractivity contribution >= 4 is 29.9 Å². The minimum atomic E-state index is -1.76. The van der Waals surface area contributed by atoms with Crippen molar-refractivity contribution in [3.8, 4) is 23.0 Å². The van der Waals surface area contributed by atoms with Gasteiger partial charge in [0, 0.05) is 13.0 Å². The Labute approximate surface area is 251 Å². The molecule has 1 aliphatic rings. The summed E-state index contributed by atoms with van der Waals surface area (Å²) in [6.07, 6.45) is -2.75. The van der Waals surface area contributed by atoms with Gasteiger partial charge >= 0.3 is 11.9 Å². The highest BCUT2D eigenvalue weighted by atomic mass is 16.7. The first-order valence-corrected chi connectivity index (χ1v) is 13.3. The molecule has 1 heterocycles. The predicted molar refractivity (Wildman–Crippen MR) is 155 cm³/mol. The lowest BCUT2D eigenvalue weighted by Gasteiger charge is -2.41. The summed E-state index contributed by atoms with van der Waals surface area (Å²) >= 11 is 0. The maximum Gasteiger partial charge on any atom is 0.330 e. The van der Waals surface area contributed by atoms with Crippen LogP contribution in [0, 0.1) is 0 Å². The van der Waals surface area contributed by atoms with Crippen molar-refractivity contribution in [1.82, 2.24) is 0 Å². The van der Waals surface area contributed by atoms with Gasteiger partial charge in [-0.2, -0.15) is 0 Å². The molecule has 0 bridgehead atoms. The van der Waals surface area contributed by atoms with E-state index in [1.165, 1.54) is 36.4 Å². The molecule has 44 heavy (non-hydrogen) atoms. The smallest absolute Gasteiger partial charge is 0.330 e. The van der Waals surface area contributed by atoms with E-state index in [2.05, 4.69) is 0 Å². The first kappa shape index (κ1) is 31.8. The van der Waals surface area contributed by atoms with Crippen LogP contribution in [0.3, 0.4) is 0 Å². The van der Waals surface area contributed by atoms with Crippen LogP contribution in [0.15, 0.2) is 78.9 Å². The minimum absolute atomic E-state index is 0.0508. The number of aliphatic hydroxyl groups excluding tert-OH is 2. The second kappa shape index (κ2) is 14.3. The highest BCUT2D eigenvalue weighted by Gasteiger charge is 2.48. The molecule has 0 spiro atoms. The van der Waals surface area contributed by atoms with Crippen molar-refractivity contribution in [3.05, 3.63) is 95.6 Å². The Bertz CT molecular complexity index is 1530. The number of phenols is 3. The summed E-state index contributed by atoms with van der Waals surface area (Å²) < 4.78 is 21.5. The zero-order chi connectivity index (χ0) is 31.8. The van der Waals surface area contributed by atoms with Crippen molar-refractivity contribution < 1.29 is 58.9 Å². The number of hydrogen-bond acceptors (Lipinski definition) is 12. The highest BCUT2D eigenvalue weighted by molar-refractivity contribution is 6.09. The summed E-state index contributed by atoms with van der Waals surface area (Å²) in [5.41, 5.74) is 1.07. The summed E-state index contributed by atoms with van der Waals surface area (Å²) in [7, 11) is 0. The third kappa shape index (κ3) is 8.01. The van der Waals surface area contributed by atoms with Crippen LogP contribution in [0.1, 0.15) is 28.4 Å². The number of phenolic OH excluding ortho intramolecular Hbond substituents is 3. The second-order valence-electron chi connectivity index (χ2n) is 9.69. The van der Waals surface area contributed by atoms with Gasteiger partial charge in [0.05, 0.1) is 5.56 Å². The van der Waals surface area contributed by atoms with Gasteiger partial charge in [0.2, 0.25) is 12.0 Å². The van der Waals surface area contributed by atoms with E-state index in [9.17, 15) is 39.9 Å². The topological polar surface area (TPSA) is 189 Å². The number of carbonyl (C=O) groups is 3. The number of carbonyl (C=O) groups excluding carboxylic acids is 3. The monoisotopic (exact) mass is 606 g/mol. The van der Waals surface area contributed by atoms with Gasteiger partial charge in [-0.3, -0.25) is 9.59 Å². The molecule has 12 heteroatoms. The molecule has 0 aromatic heterocycles. The van der Waals surface area contributed by atoms with E-state index in [0.717, 1.165) is 24.6 Å². The van der Waals surface area contributed by atoms with Crippen molar-refractivity contribution in [2.24, 2.45) is 0 Å². The van der Waals surface area contributed by atoms with Gasteiger partial charge in [0.1, 0.15) is 30.7 Å². The summed E-state index contributed by atoms with van der Waals surface area (Å²) in [5, 5.41) is 51.9. The number of allylic oxidation sites excluding steroid dienone is 1. The van der Waals surface area contributed by atoms with Crippen LogP contribution in [-0.4, -0.2) is 80.6 Å². The third-order valence-corrected chi connectivity index (χ3v) is 6.49. The van der Waals surface area contributed by atoms with E-state index in [1.807, 2.05) is 6.07 Å². The van der Waals surface area contributed by atoms with Gasteiger partial charge in [-0.1, -0.05) is 48.5 Å². The van der Waals surface area contributed by atoms with E-state index in [1.54, 1.807) is 36.4 Å². The Morgan fingerprint density at radius 3 is 2.16 bits per heavy atom. The molecule has 3 aromatic rings. The zero-order valence-corrected chi connectivity index (χ0v) is 23.3. The lowest BCUT2D eigenvalue weighted by atomic mass is 9.99. The van der Waals surface area contributed by atoms with E-state index in [0.29, 0.717) is 5.56 Å². The number of hydrogen-bond donors (Lipinski definition) is 5. The van der Waals surface area contributed by atoms with E-state index < -0.39 is 72.3 Å². The number of benzene rings is 3. The number of ether oxygens (including phenoxy) is 4. The first-order chi connectivity index (χ1) is 21.0. The summed E-state index contributed by atoms with van der Waals surface area (Å²) in [6, 6.07) is 17.3. The molecule has 1 aliphatic heterocycles. The Hall–Kier alpha value is -5.17. The fourth-order valence-electron chi connectivity index (χ4n) is 4.22. The first-order valence-electron chi connectivity index (χ1n) is 13.3. The average Bonchev–Trinajstić information content (AvgIpc) is 3.01. The van der Waals surface area contributed by atoms with Crippen molar-refractivity contribution in [2.45, 2.75) is 37.6 Å². The molecule has 2 unspecified atom stereocenters. The molecule has 0 saturated carbocycles. The SMILES string of the molecule is CC(=O)OC1[C@H](Oc2ccc(C(=O)/C=C/c3ccc(O)cc3)c(O)c2O)OC(COC(=O)/C=C/c2ccccc2)[C@@H](O)[C@@H]1O. The molecule has 0 radical (unpaired) electrons. The standard InChI is InChI=1S/C32H30O12/c1-18(33)42-31-30(40)29(39)25(17-41-26(36)16-10-19-5-3-2-4-6-19)44-32(31)43-24-15-13-22(27(37)28(24)38)23(35)14-9-20-7-11-21(34)12-8-20/h2-16,25,29-32,34,37-40H,17H2,1H3/b14-9+,16-10+/t25?,29-,30+,31?,32-/m1/s1. The zero-order valence-electron chi connectivity index (χ0n) is 23.3. The van der Waals surface area contributed by atoms with Gasteiger partial charge in [0.15, 0.2) is 23.4 Å². The van der Waals surface area contributed by atoms with E-state index in [4.69, 9.17) is 18.9 Å². The Balaban J connectivity index is 1.48. The molecule has 0 aliphatic carbocycles. The highest BCUT2D eigenvalue weighted by Crippen LogP contribution is 2.40. The van der Waals surface area contributed by atoms with Crippen LogP contribution >= 0.6 is 0 Å². The number of rotatable bonds is 10. The number of aliphatic hydroxyl groups is 2. The van der Waals surface area contributed by atoms with Crippen molar-refractivity contribution in [1.29, 1.82) is 0 Å². The minimum Gasteiger partial charge on any atom is -0.508 e. The van der Waals surface area contributed by atoms with Gasteiger partial charge in [-0.15, -0.1) is 0 Å². The van der Waals surface area contributed by atoms with Gasteiger partial charge < -0.3 is 44.5 Å². The van der Waals surface area contributed by atoms with Gasteiger partial charge in [-0.25, -0.2) is 4.79 Å². The van der Waals surface area contributed by atoms with Crippen molar-refractivity contribution in [2.75, 3.05) is 6.61 Å². The average molecular weight is 607 g/mol. The van der Waals surface area contributed by atoms with E-state index in [-0.39, 0.29) is 11.3 Å². The maximum absolute atomic E-state index is 12.7. The quantitative estimate of drug-likeness (QED) is 0.0984. The van der Waals surface area contributed by atoms with Crippen LogP contribution in [0.2, 0.25) is 0 Å². The largest absolute Gasteiger partial charge is 0.508 e. The van der Waals surface area contributed by atoms with Crippen LogP contribution in [0.25, 0.3) is 12.2 Å². The van der Waals surface area contributed by atoms with Crippen LogP contribution < -0.4 is 4.74 Å². The number of ketones is 1. The van der Waals surface area contributed by atoms with E-state index >= 15 is 0 Å². The van der Waals surface area contributed by atoms with Crippen molar-refractivity contribution in [3.63, 3.8) is 0 Å². The molecule has 3 aromatic carbocycles. The fourth-order valence-corrected chi connectivity index (χ4v) is 4.22. The lowest BCUT2D eigenvalue weighted by molar-refractivity contribution is -0.282. The molecular formula is C32H30O12. The summed E-state index contributed by atoms with van der Waals surface area (Å²) in [5.74, 6) is -4.30. The molecule has 230 valence electrons. The van der Waals surface area contributed by atoms with Crippen LogP contribution in [-0.2, 0) is 23.8 Å². The fraction of sp³-hybridized carbons (Fsp3) is 0.219. The second-order valence-corrected chi connectivity index (χ2v) is 9.69. The van der Waals surface area contributed by atoms with Gasteiger partial charge in [-0.05, 0) is 47.5 Å². The van der Waals surface area contributed by atoms with Crippen LogP contribution in [0.5, 0.6) is 23.0 Å². The van der Waals surface area contributed by atoms with Gasteiger partial charge in [0.25, 0.3) is 0 Å². The molecule has 5 atom stereocenters. The molecule has 0 amide bonds. The molecule has 1 saturated heterocycles. The Kier molecular flexibility index (Phi) is 10.3. The molecule has 1 fully saturated rings. The maximum atomic E-state index is 12.7.